The highest BCUT2D eigenvalue weighted by Crippen LogP contribution is 2.16. The molecule has 1 atom stereocenters. The standard InChI is InChI=1S/C17H26ClN3O/c1-13(2)16(21-10-8-20(3)9-11-21)12-19-17(22)14-6-4-5-7-15(14)18/h4-7,13,16H,8-12H2,1-3H3,(H,19,22). The van der Waals surface area contributed by atoms with Gasteiger partial charge in [-0.3, -0.25) is 9.69 Å². The molecule has 0 spiro atoms. The van der Waals surface area contributed by atoms with E-state index in [0.29, 0.717) is 29.1 Å². The van der Waals surface area contributed by atoms with Gasteiger partial charge in [-0.15, -0.1) is 0 Å². The molecular weight excluding hydrogens is 298 g/mol. The van der Waals surface area contributed by atoms with Gasteiger partial charge in [-0.25, -0.2) is 0 Å². The summed E-state index contributed by atoms with van der Waals surface area (Å²) in [5.41, 5.74) is 0.546. The van der Waals surface area contributed by atoms with Crippen molar-refractivity contribution in [1.82, 2.24) is 15.1 Å². The molecule has 1 aliphatic heterocycles. The predicted octanol–water partition coefficient (Wildman–Crippen LogP) is 2.34. The van der Waals surface area contributed by atoms with Crippen LogP contribution in [0, 0.1) is 5.92 Å². The van der Waals surface area contributed by atoms with E-state index in [4.69, 9.17) is 11.6 Å². The summed E-state index contributed by atoms with van der Waals surface area (Å²) in [6.07, 6.45) is 0. The van der Waals surface area contributed by atoms with E-state index >= 15 is 0 Å². The molecule has 4 nitrogen and oxygen atoms in total. The number of hydrogen-bond acceptors (Lipinski definition) is 3. The number of amides is 1. The summed E-state index contributed by atoms with van der Waals surface area (Å²) < 4.78 is 0. The SMILES string of the molecule is CC(C)C(CNC(=O)c1ccccc1Cl)N1CCN(C)CC1. The van der Waals surface area contributed by atoms with Gasteiger partial charge >= 0.3 is 0 Å². The Bertz CT molecular complexity index is 498. The first-order chi connectivity index (χ1) is 10.5. The fraction of sp³-hybridized carbons (Fsp3) is 0.588. The Morgan fingerprint density at radius 2 is 1.86 bits per heavy atom. The number of nitrogens with zero attached hydrogens (tertiary/aromatic N) is 2. The number of benzene rings is 1. The van der Waals surface area contributed by atoms with Gasteiger partial charge in [0, 0.05) is 38.8 Å². The Morgan fingerprint density at radius 3 is 2.45 bits per heavy atom. The number of likely N-dealkylation sites (N-methyl/N-ethyl adjacent to an activating group) is 1. The van der Waals surface area contributed by atoms with Crippen molar-refractivity contribution in [2.75, 3.05) is 39.8 Å². The second-order valence-electron chi connectivity index (χ2n) is 6.34. The third-order valence-electron chi connectivity index (χ3n) is 4.37. The molecule has 1 aromatic rings. The lowest BCUT2D eigenvalue weighted by Crippen LogP contribution is -2.54. The highest BCUT2D eigenvalue weighted by molar-refractivity contribution is 6.33. The number of carbonyl (C=O) groups is 1. The summed E-state index contributed by atoms with van der Waals surface area (Å²) in [5, 5.41) is 3.55. The molecule has 0 saturated carbocycles. The van der Waals surface area contributed by atoms with Crippen LogP contribution < -0.4 is 5.32 Å². The molecular formula is C17H26ClN3O. The molecule has 5 heteroatoms. The van der Waals surface area contributed by atoms with Crippen LogP contribution in [0.1, 0.15) is 24.2 Å². The van der Waals surface area contributed by atoms with Crippen molar-refractivity contribution >= 4 is 17.5 Å². The number of carbonyl (C=O) groups excluding carboxylic acids is 1. The zero-order chi connectivity index (χ0) is 16.1. The molecule has 1 heterocycles. The molecule has 0 radical (unpaired) electrons. The van der Waals surface area contributed by atoms with Crippen molar-refractivity contribution in [1.29, 1.82) is 0 Å². The second kappa shape index (κ2) is 7.95. The summed E-state index contributed by atoms with van der Waals surface area (Å²) in [6.45, 7) is 9.37. The van der Waals surface area contributed by atoms with Gasteiger partial charge in [-0.1, -0.05) is 37.6 Å². The molecule has 0 aliphatic carbocycles. The molecule has 1 aromatic carbocycles. The summed E-state index contributed by atoms with van der Waals surface area (Å²) in [5.74, 6) is 0.403. The maximum atomic E-state index is 12.3. The van der Waals surface area contributed by atoms with Gasteiger partial charge in [0.2, 0.25) is 0 Å². The lowest BCUT2D eigenvalue weighted by Gasteiger charge is -2.39. The molecule has 0 bridgehead atoms. The molecule has 1 unspecified atom stereocenters. The molecule has 1 N–H and O–H groups in total. The topological polar surface area (TPSA) is 35.6 Å². The lowest BCUT2D eigenvalue weighted by atomic mass is 10.0. The van der Waals surface area contributed by atoms with E-state index in [1.165, 1.54) is 0 Å². The van der Waals surface area contributed by atoms with Crippen molar-refractivity contribution in [2.45, 2.75) is 19.9 Å². The number of rotatable bonds is 5. The molecule has 122 valence electrons. The summed E-state index contributed by atoms with van der Waals surface area (Å²) in [6, 6.07) is 7.54. The first-order valence-corrected chi connectivity index (χ1v) is 8.32. The van der Waals surface area contributed by atoms with E-state index in [1.807, 2.05) is 12.1 Å². The van der Waals surface area contributed by atoms with Crippen molar-refractivity contribution in [3.05, 3.63) is 34.9 Å². The number of hydrogen-bond donors (Lipinski definition) is 1. The van der Waals surface area contributed by atoms with Crippen LogP contribution in [0.3, 0.4) is 0 Å². The first kappa shape index (κ1) is 17.3. The third-order valence-corrected chi connectivity index (χ3v) is 4.70. The second-order valence-corrected chi connectivity index (χ2v) is 6.75. The van der Waals surface area contributed by atoms with E-state index in [2.05, 4.69) is 36.0 Å². The maximum Gasteiger partial charge on any atom is 0.252 e. The van der Waals surface area contributed by atoms with Gasteiger partial charge in [-0.05, 0) is 25.1 Å². The Balaban J connectivity index is 1.94. The molecule has 2 rings (SSSR count). The normalized spacial score (nSPS) is 18.4. The summed E-state index contributed by atoms with van der Waals surface area (Å²) in [7, 11) is 2.15. The van der Waals surface area contributed by atoms with E-state index in [-0.39, 0.29) is 5.91 Å². The minimum absolute atomic E-state index is 0.0922. The van der Waals surface area contributed by atoms with Gasteiger partial charge in [0.1, 0.15) is 0 Å². The smallest absolute Gasteiger partial charge is 0.252 e. The van der Waals surface area contributed by atoms with Crippen LogP contribution in [0.15, 0.2) is 24.3 Å². The Labute approximate surface area is 138 Å². The first-order valence-electron chi connectivity index (χ1n) is 7.94. The van der Waals surface area contributed by atoms with Gasteiger partial charge in [0.25, 0.3) is 5.91 Å². The van der Waals surface area contributed by atoms with E-state index in [9.17, 15) is 4.79 Å². The molecule has 1 fully saturated rings. The fourth-order valence-electron chi connectivity index (χ4n) is 2.88. The van der Waals surface area contributed by atoms with E-state index in [0.717, 1.165) is 26.2 Å². The van der Waals surface area contributed by atoms with Crippen LogP contribution in [0.5, 0.6) is 0 Å². The molecule has 1 amide bonds. The van der Waals surface area contributed by atoms with Crippen LogP contribution in [-0.4, -0.2) is 61.5 Å². The van der Waals surface area contributed by atoms with Crippen LogP contribution in [-0.2, 0) is 0 Å². The predicted molar refractivity (Wildman–Crippen MR) is 91.5 cm³/mol. The van der Waals surface area contributed by atoms with Crippen LogP contribution in [0.25, 0.3) is 0 Å². The van der Waals surface area contributed by atoms with Gasteiger partial charge < -0.3 is 10.2 Å². The van der Waals surface area contributed by atoms with Crippen molar-refractivity contribution in [3.63, 3.8) is 0 Å². The van der Waals surface area contributed by atoms with Crippen LogP contribution >= 0.6 is 11.6 Å². The molecule has 0 aromatic heterocycles. The number of piperazine rings is 1. The fourth-order valence-corrected chi connectivity index (χ4v) is 3.10. The third kappa shape index (κ3) is 4.45. The Kier molecular flexibility index (Phi) is 6.24. The molecule has 1 aliphatic rings. The van der Waals surface area contributed by atoms with Crippen molar-refractivity contribution in [2.24, 2.45) is 5.92 Å². The summed E-state index contributed by atoms with van der Waals surface area (Å²) in [4.78, 5) is 17.1. The van der Waals surface area contributed by atoms with Crippen LogP contribution in [0.4, 0.5) is 0 Å². The average molecular weight is 324 g/mol. The quantitative estimate of drug-likeness (QED) is 0.903. The van der Waals surface area contributed by atoms with Crippen molar-refractivity contribution < 1.29 is 4.79 Å². The molecule has 22 heavy (non-hydrogen) atoms. The summed E-state index contributed by atoms with van der Waals surface area (Å²) >= 11 is 6.08. The minimum Gasteiger partial charge on any atom is -0.350 e. The lowest BCUT2D eigenvalue weighted by molar-refractivity contribution is 0.0791. The number of halogens is 1. The van der Waals surface area contributed by atoms with Gasteiger partial charge in [-0.2, -0.15) is 0 Å². The minimum atomic E-state index is -0.0922. The van der Waals surface area contributed by atoms with Crippen LogP contribution in [0.2, 0.25) is 5.02 Å². The monoisotopic (exact) mass is 323 g/mol. The molecule has 1 saturated heterocycles. The van der Waals surface area contributed by atoms with Crippen molar-refractivity contribution in [3.8, 4) is 0 Å². The zero-order valence-corrected chi connectivity index (χ0v) is 14.4. The maximum absolute atomic E-state index is 12.3. The van der Waals surface area contributed by atoms with E-state index < -0.39 is 0 Å². The largest absolute Gasteiger partial charge is 0.350 e. The Morgan fingerprint density at radius 1 is 1.23 bits per heavy atom. The van der Waals surface area contributed by atoms with Gasteiger partial charge in [0.05, 0.1) is 10.6 Å². The zero-order valence-electron chi connectivity index (χ0n) is 13.7. The van der Waals surface area contributed by atoms with E-state index in [1.54, 1.807) is 12.1 Å². The highest BCUT2D eigenvalue weighted by Gasteiger charge is 2.25. The van der Waals surface area contributed by atoms with Gasteiger partial charge in [0.15, 0.2) is 0 Å². The Hall–Kier alpha value is -1.10. The average Bonchev–Trinajstić information content (AvgIpc) is 2.49. The number of nitrogens with one attached hydrogen (secondary N) is 1. The highest BCUT2D eigenvalue weighted by atomic mass is 35.5.